The Kier molecular flexibility index (Phi) is 2.60. The van der Waals surface area contributed by atoms with Gasteiger partial charge in [0, 0.05) is 29.2 Å². The molecule has 0 aliphatic carbocycles. The molecule has 0 fully saturated rings. The monoisotopic (exact) mass is 281 g/mol. The van der Waals surface area contributed by atoms with Crippen molar-refractivity contribution in [2.45, 2.75) is 6.54 Å². The minimum absolute atomic E-state index is 0.782. The predicted octanol–water partition coefficient (Wildman–Crippen LogP) is 3.18. The van der Waals surface area contributed by atoms with E-state index in [1.807, 2.05) is 30.7 Å². The van der Waals surface area contributed by atoms with Crippen LogP contribution < -0.4 is 5.32 Å². The second kappa shape index (κ2) is 4.57. The number of aromatic nitrogens is 4. The second-order valence-electron chi connectivity index (χ2n) is 4.51. The van der Waals surface area contributed by atoms with Crippen LogP contribution in [0.5, 0.6) is 0 Å². The summed E-state index contributed by atoms with van der Waals surface area (Å²) in [5, 5.41) is 12.5. The average molecular weight is 281 g/mol. The number of fused-ring (bicyclic) bond motifs is 2. The number of hydrogen-bond acceptors (Lipinski definition) is 5. The maximum absolute atomic E-state index is 4.31. The molecule has 4 aromatic heterocycles. The standard InChI is InChI=1S/C14H11N5S/c1-2-15-8-13-9(1)4-12(20-13)7-16-11-3-10-5-18-19-14(10)17-6-11/h1-6,8,16H,7H2,(H,17,18,19). The summed E-state index contributed by atoms with van der Waals surface area (Å²) in [5.41, 5.74) is 1.80. The van der Waals surface area contributed by atoms with Crippen LogP contribution in [0.2, 0.25) is 0 Å². The van der Waals surface area contributed by atoms with E-state index in [1.165, 1.54) is 15.0 Å². The first-order valence-corrected chi connectivity index (χ1v) is 7.05. The maximum atomic E-state index is 4.31. The van der Waals surface area contributed by atoms with Gasteiger partial charge in [0.2, 0.25) is 0 Å². The van der Waals surface area contributed by atoms with Gasteiger partial charge >= 0.3 is 0 Å². The number of nitrogens with zero attached hydrogens (tertiary/aromatic N) is 3. The normalized spacial score (nSPS) is 11.2. The summed E-state index contributed by atoms with van der Waals surface area (Å²) in [6.07, 6.45) is 7.32. The molecule has 4 rings (SSSR count). The van der Waals surface area contributed by atoms with Crippen molar-refractivity contribution in [2.75, 3.05) is 5.32 Å². The summed E-state index contributed by atoms with van der Waals surface area (Å²) in [4.78, 5) is 9.73. The molecular formula is C14H11N5S. The Hall–Kier alpha value is -2.47. The molecule has 0 saturated heterocycles. The van der Waals surface area contributed by atoms with Gasteiger partial charge < -0.3 is 5.32 Å². The Morgan fingerprint density at radius 3 is 3.10 bits per heavy atom. The average Bonchev–Trinajstić information content (AvgIpc) is 3.10. The largest absolute Gasteiger partial charge is 0.379 e. The van der Waals surface area contributed by atoms with Crippen LogP contribution in [0.4, 0.5) is 5.69 Å². The summed E-state index contributed by atoms with van der Waals surface area (Å²) in [6, 6.07) is 6.27. The Bertz CT molecular complexity index is 844. The molecule has 0 aliphatic rings. The topological polar surface area (TPSA) is 66.5 Å². The highest BCUT2D eigenvalue weighted by molar-refractivity contribution is 7.19. The van der Waals surface area contributed by atoms with Gasteiger partial charge in [0.25, 0.3) is 0 Å². The van der Waals surface area contributed by atoms with E-state index in [0.717, 1.165) is 23.3 Å². The van der Waals surface area contributed by atoms with Crippen molar-refractivity contribution in [2.24, 2.45) is 0 Å². The first kappa shape index (κ1) is 11.4. The van der Waals surface area contributed by atoms with Gasteiger partial charge in [-0.25, -0.2) is 4.98 Å². The van der Waals surface area contributed by atoms with Crippen molar-refractivity contribution in [3.63, 3.8) is 0 Å². The third kappa shape index (κ3) is 2.00. The minimum Gasteiger partial charge on any atom is -0.379 e. The number of pyridine rings is 2. The van der Waals surface area contributed by atoms with Crippen LogP contribution in [-0.2, 0) is 6.54 Å². The molecule has 98 valence electrons. The van der Waals surface area contributed by atoms with Crippen molar-refractivity contribution < 1.29 is 0 Å². The van der Waals surface area contributed by atoms with Crippen molar-refractivity contribution in [3.05, 3.63) is 47.9 Å². The van der Waals surface area contributed by atoms with Gasteiger partial charge in [-0.2, -0.15) is 5.10 Å². The Morgan fingerprint density at radius 2 is 2.15 bits per heavy atom. The first-order chi connectivity index (χ1) is 9.88. The summed E-state index contributed by atoms with van der Waals surface area (Å²) in [5.74, 6) is 0. The molecule has 0 unspecified atom stereocenters. The van der Waals surface area contributed by atoms with E-state index in [-0.39, 0.29) is 0 Å². The van der Waals surface area contributed by atoms with Crippen molar-refractivity contribution in [1.29, 1.82) is 0 Å². The highest BCUT2D eigenvalue weighted by Gasteiger charge is 2.03. The molecule has 0 amide bonds. The summed E-state index contributed by atoms with van der Waals surface area (Å²) in [6.45, 7) is 0.782. The molecule has 0 saturated carbocycles. The fraction of sp³-hybridized carbons (Fsp3) is 0.0714. The van der Waals surface area contributed by atoms with Crippen LogP contribution in [0, 0.1) is 0 Å². The molecule has 4 aromatic rings. The van der Waals surface area contributed by atoms with Gasteiger partial charge in [0.05, 0.1) is 22.8 Å². The predicted molar refractivity (Wildman–Crippen MR) is 80.8 cm³/mol. The van der Waals surface area contributed by atoms with E-state index in [2.05, 4.69) is 31.5 Å². The van der Waals surface area contributed by atoms with Gasteiger partial charge in [-0.15, -0.1) is 11.3 Å². The van der Waals surface area contributed by atoms with Crippen LogP contribution in [0.25, 0.3) is 21.1 Å². The van der Waals surface area contributed by atoms with E-state index in [4.69, 9.17) is 0 Å². The lowest BCUT2D eigenvalue weighted by molar-refractivity contribution is 1.10. The zero-order valence-corrected chi connectivity index (χ0v) is 11.3. The van der Waals surface area contributed by atoms with E-state index in [9.17, 15) is 0 Å². The number of nitrogens with one attached hydrogen (secondary N) is 2. The maximum Gasteiger partial charge on any atom is 0.155 e. The molecule has 0 radical (unpaired) electrons. The molecule has 5 nitrogen and oxygen atoms in total. The quantitative estimate of drug-likeness (QED) is 0.605. The summed E-state index contributed by atoms with van der Waals surface area (Å²) in [7, 11) is 0. The number of H-pyrrole nitrogens is 1. The second-order valence-corrected chi connectivity index (χ2v) is 5.68. The zero-order chi connectivity index (χ0) is 13.4. The molecule has 0 aromatic carbocycles. The number of anilines is 1. The molecule has 6 heteroatoms. The van der Waals surface area contributed by atoms with Gasteiger partial charge in [-0.1, -0.05) is 0 Å². The lowest BCUT2D eigenvalue weighted by Crippen LogP contribution is -1.97. The Morgan fingerprint density at radius 1 is 1.15 bits per heavy atom. The molecular weight excluding hydrogens is 270 g/mol. The lowest BCUT2D eigenvalue weighted by Gasteiger charge is -2.03. The molecule has 20 heavy (non-hydrogen) atoms. The van der Waals surface area contributed by atoms with Crippen LogP contribution in [-0.4, -0.2) is 20.2 Å². The van der Waals surface area contributed by atoms with Gasteiger partial charge in [-0.3, -0.25) is 10.1 Å². The van der Waals surface area contributed by atoms with Gasteiger partial charge in [0.1, 0.15) is 0 Å². The number of thiophene rings is 1. The zero-order valence-electron chi connectivity index (χ0n) is 10.5. The van der Waals surface area contributed by atoms with E-state index in [0.29, 0.717) is 0 Å². The number of rotatable bonds is 3. The van der Waals surface area contributed by atoms with Crippen molar-refractivity contribution >= 4 is 38.1 Å². The number of aromatic amines is 1. The van der Waals surface area contributed by atoms with Crippen LogP contribution in [0.15, 0.2) is 43.0 Å². The van der Waals surface area contributed by atoms with Crippen LogP contribution in [0.3, 0.4) is 0 Å². The molecule has 4 heterocycles. The van der Waals surface area contributed by atoms with Crippen LogP contribution in [0.1, 0.15) is 4.88 Å². The minimum atomic E-state index is 0.782. The third-order valence-electron chi connectivity index (χ3n) is 3.13. The van der Waals surface area contributed by atoms with E-state index < -0.39 is 0 Å². The van der Waals surface area contributed by atoms with Crippen molar-refractivity contribution in [3.8, 4) is 0 Å². The highest BCUT2D eigenvalue weighted by atomic mass is 32.1. The molecule has 2 N–H and O–H groups in total. The molecule has 0 atom stereocenters. The van der Waals surface area contributed by atoms with Crippen molar-refractivity contribution in [1.82, 2.24) is 20.2 Å². The highest BCUT2D eigenvalue weighted by Crippen LogP contribution is 2.25. The SMILES string of the molecule is c1cc2cc(CNc3cnc4[nH]ncc4c3)sc2cn1. The molecule has 0 spiro atoms. The molecule has 0 aliphatic heterocycles. The van der Waals surface area contributed by atoms with E-state index >= 15 is 0 Å². The third-order valence-corrected chi connectivity index (χ3v) is 4.22. The summed E-state index contributed by atoms with van der Waals surface area (Å²) < 4.78 is 1.22. The summed E-state index contributed by atoms with van der Waals surface area (Å²) >= 11 is 1.76. The molecule has 0 bridgehead atoms. The van der Waals surface area contributed by atoms with E-state index in [1.54, 1.807) is 17.5 Å². The first-order valence-electron chi connectivity index (χ1n) is 6.24. The lowest BCUT2D eigenvalue weighted by atomic mass is 10.3. The Labute approximate surface area is 118 Å². The van der Waals surface area contributed by atoms with Gasteiger partial charge in [0.15, 0.2) is 5.65 Å². The fourth-order valence-corrected chi connectivity index (χ4v) is 3.12. The van der Waals surface area contributed by atoms with Crippen LogP contribution >= 0.6 is 11.3 Å². The van der Waals surface area contributed by atoms with Gasteiger partial charge in [-0.05, 0) is 23.6 Å². The fourth-order valence-electron chi connectivity index (χ4n) is 2.15. The Balaban J connectivity index is 1.56. The number of hydrogen-bond donors (Lipinski definition) is 2. The smallest absolute Gasteiger partial charge is 0.155 e.